The van der Waals surface area contributed by atoms with Gasteiger partial charge in [0.1, 0.15) is 23.9 Å². The molecule has 0 radical (unpaired) electrons. The van der Waals surface area contributed by atoms with E-state index in [1.54, 1.807) is 16.8 Å². The Morgan fingerprint density at radius 1 is 1.24 bits per heavy atom. The van der Waals surface area contributed by atoms with Crippen LogP contribution in [0.15, 0.2) is 54.6 Å². The number of terminal acetylenes is 1. The van der Waals surface area contributed by atoms with Crippen LogP contribution in [-0.2, 0) is 18.3 Å². The van der Waals surface area contributed by atoms with Crippen LogP contribution in [-0.4, -0.2) is 52.2 Å². The van der Waals surface area contributed by atoms with Gasteiger partial charge in [-0.15, -0.1) is 6.42 Å². The zero-order chi connectivity index (χ0) is 23.9. The van der Waals surface area contributed by atoms with E-state index in [4.69, 9.17) is 21.0 Å². The summed E-state index contributed by atoms with van der Waals surface area (Å²) in [5.41, 5.74) is 2.65. The number of benzene rings is 2. The summed E-state index contributed by atoms with van der Waals surface area (Å²) in [5.74, 6) is 3.62. The number of hydrogen-bond acceptors (Lipinski definition) is 5. The third kappa shape index (κ3) is 6.45. The Morgan fingerprint density at radius 2 is 2.03 bits per heavy atom. The van der Waals surface area contributed by atoms with Crippen LogP contribution in [0.3, 0.4) is 0 Å². The topological polar surface area (TPSA) is 59.8 Å². The van der Waals surface area contributed by atoms with Gasteiger partial charge in [-0.05, 0) is 30.9 Å². The molecule has 1 saturated carbocycles. The molecule has 0 spiro atoms. The second-order valence-corrected chi connectivity index (χ2v) is 8.69. The minimum Gasteiger partial charge on any atom is -0.439 e. The predicted octanol–water partition coefficient (Wildman–Crippen LogP) is 4.24. The van der Waals surface area contributed by atoms with Crippen molar-refractivity contribution in [2.24, 2.45) is 13.0 Å². The van der Waals surface area contributed by atoms with Gasteiger partial charge in [0.25, 0.3) is 0 Å². The monoisotopic (exact) mass is 463 g/mol. The third-order valence-corrected chi connectivity index (χ3v) is 5.71. The summed E-state index contributed by atoms with van der Waals surface area (Å²) in [6.45, 7) is 2.16. The molecule has 3 aromatic rings. The van der Waals surface area contributed by atoms with Crippen LogP contribution in [0.1, 0.15) is 18.4 Å². The highest BCUT2D eigenvalue weighted by atomic mass is 19.1. The number of ether oxygens (including phenoxy) is 2. The lowest BCUT2D eigenvalue weighted by Crippen LogP contribution is -2.36. The molecule has 0 saturated heterocycles. The van der Waals surface area contributed by atoms with Gasteiger partial charge in [0.05, 0.1) is 18.3 Å². The number of aliphatic hydroxyl groups excluding tert-OH is 1. The molecule has 0 bridgehead atoms. The highest BCUT2D eigenvalue weighted by molar-refractivity contribution is 5.65. The van der Waals surface area contributed by atoms with Crippen LogP contribution >= 0.6 is 0 Å². The molecule has 1 N–H and O–H groups in total. The van der Waals surface area contributed by atoms with Crippen LogP contribution in [0.2, 0.25) is 0 Å². The van der Waals surface area contributed by atoms with Crippen LogP contribution in [0.4, 0.5) is 4.39 Å². The van der Waals surface area contributed by atoms with Crippen molar-refractivity contribution in [3.05, 3.63) is 66.0 Å². The largest absolute Gasteiger partial charge is 0.439 e. The second-order valence-electron chi connectivity index (χ2n) is 8.69. The first-order valence-electron chi connectivity index (χ1n) is 11.5. The second kappa shape index (κ2) is 11.3. The number of halogens is 1. The molecule has 0 aliphatic heterocycles. The quantitative estimate of drug-likeness (QED) is 0.322. The molecule has 1 fully saturated rings. The average molecular weight is 464 g/mol. The molecule has 6 nitrogen and oxygen atoms in total. The van der Waals surface area contributed by atoms with Gasteiger partial charge < -0.3 is 14.6 Å². The van der Waals surface area contributed by atoms with Crippen LogP contribution in [0.5, 0.6) is 11.6 Å². The van der Waals surface area contributed by atoms with Gasteiger partial charge in [0, 0.05) is 38.3 Å². The maximum Gasteiger partial charge on any atom is 0.222 e. The molecule has 1 aliphatic rings. The molecular formula is C27H30FN3O3. The van der Waals surface area contributed by atoms with Gasteiger partial charge in [0.2, 0.25) is 5.88 Å². The minimum atomic E-state index is -0.670. The van der Waals surface area contributed by atoms with Crippen molar-refractivity contribution >= 4 is 0 Å². The minimum absolute atomic E-state index is 0.173. The van der Waals surface area contributed by atoms with Crippen molar-refractivity contribution in [1.29, 1.82) is 0 Å². The van der Waals surface area contributed by atoms with E-state index in [0.717, 1.165) is 23.4 Å². The molecular weight excluding hydrogens is 433 g/mol. The predicted molar refractivity (Wildman–Crippen MR) is 129 cm³/mol. The van der Waals surface area contributed by atoms with Gasteiger partial charge >= 0.3 is 0 Å². The SMILES string of the molecule is C#CCOC[C@H](O)CN(Cc1c(-c2ccccc2)nn(C)c1Oc1cccc(F)c1)CC1CC1. The van der Waals surface area contributed by atoms with Crippen molar-refractivity contribution in [3.8, 4) is 35.2 Å². The molecule has 1 aliphatic carbocycles. The normalized spacial score (nSPS) is 14.2. The van der Waals surface area contributed by atoms with Crippen molar-refractivity contribution in [2.75, 3.05) is 26.3 Å². The maximum absolute atomic E-state index is 13.8. The van der Waals surface area contributed by atoms with E-state index in [0.29, 0.717) is 30.6 Å². The molecule has 2 aromatic carbocycles. The smallest absolute Gasteiger partial charge is 0.222 e. The van der Waals surface area contributed by atoms with Crippen LogP contribution in [0.25, 0.3) is 11.3 Å². The van der Waals surface area contributed by atoms with Crippen molar-refractivity contribution in [3.63, 3.8) is 0 Å². The van der Waals surface area contributed by atoms with Crippen molar-refractivity contribution < 1.29 is 19.0 Å². The number of rotatable bonds is 12. The van der Waals surface area contributed by atoms with E-state index in [2.05, 4.69) is 10.8 Å². The summed E-state index contributed by atoms with van der Waals surface area (Å²) >= 11 is 0. The van der Waals surface area contributed by atoms with Crippen molar-refractivity contribution in [2.45, 2.75) is 25.5 Å². The fraction of sp³-hybridized carbons (Fsp3) is 0.370. The third-order valence-electron chi connectivity index (χ3n) is 5.71. The molecule has 7 heteroatoms. The van der Waals surface area contributed by atoms with E-state index in [1.807, 2.05) is 37.4 Å². The lowest BCUT2D eigenvalue weighted by molar-refractivity contribution is 0.0250. The molecule has 34 heavy (non-hydrogen) atoms. The highest BCUT2D eigenvalue weighted by Crippen LogP contribution is 2.36. The summed E-state index contributed by atoms with van der Waals surface area (Å²) in [7, 11) is 1.82. The van der Waals surface area contributed by atoms with E-state index >= 15 is 0 Å². The maximum atomic E-state index is 13.8. The van der Waals surface area contributed by atoms with E-state index in [9.17, 15) is 9.50 Å². The molecule has 0 amide bonds. The Labute approximate surface area is 199 Å². The van der Waals surface area contributed by atoms with Crippen LogP contribution in [0, 0.1) is 24.1 Å². The molecule has 4 rings (SSSR count). The number of aryl methyl sites for hydroxylation is 1. The molecule has 178 valence electrons. The fourth-order valence-electron chi connectivity index (χ4n) is 3.99. The Balaban J connectivity index is 1.64. The summed E-state index contributed by atoms with van der Waals surface area (Å²) in [4.78, 5) is 2.21. The molecule has 1 atom stereocenters. The van der Waals surface area contributed by atoms with E-state index in [-0.39, 0.29) is 19.0 Å². The van der Waals surface area contributed by atoms with Crippen molar-refractivity contribution in [1.82, 2.24) is 14.7 Å². The average Bonchev–Trinajstić information content (AvgIpc) is 3.59. The Kier molecular flexibility index (Phi) is 7.96. The van der Waals surface area contributed by atoms with Crippen LogP contribution < -0.4 is 4.74 Å². The summed E-state index contributed by atoms with van der Waals surface area (Å²) in [6, 6.07) is 16.0. The Morgan fingerprint density at radius 3 is 2.74 bits per heavy atom. The fourth-order valence-corrected chi connectivity index (χ4v) is 3.99. The molecule has 0 unspecified atom stereocenters. The first-order valence-corrected chi connectivity index (χ1v) is 11.5. The summed E-state index contributed by atoms with van der Waals surface area (Å²) < 4.78 is 27.0. The zero-order valence-corrected chi connectivity index (χ0v) is 19.4. The summed E-state index contributed by atoms with van der Waals surface area (Å²) in [6.07, 6.45) is 6.94. The molecule has 1 aromatic heterocycles. The number of hydrogen-bond donors (Lipinski definition) is 1. The lowest BCUT2D eigenvalue weighted by Gasteiger charge is -2.25. The molecule has 1 heterocycles. The first-order chi connectivity index (χ1) is 16.5. The Hall–Kier alpha value is -3.18. The summed E-state index contributed by atoms with van der Waals surface area (Å²) in [5, 5.41) is 15.3. The van der Waals surface area contributed by atoms with E-state index in [1.165, 1.54) is 25.0 Å². The number of aromatic nitrogens is 2. The van der Waals surface area contributed by atoms with Gasteiger partial charge in [-0.3, -0.25) is 4.90 Å². The number of nitrogens with zero attached hydrogens (tertiary/aromatic N) is 3. The first kappa shape index (κ1) is 24.0. The highest BCUT2D eigenvalue weighted by Gasteiger charge is 2.28. The standard InChI is InChI=1S/C27H30FN3O3/c1-3-14-33-19-23(32)17-31(16-20-12-13-20)18-25-26(21-8-5-4-6-9-21)29-30(2)27(25)34-24-11-7-10-22(28)15-24/h1,4-11,15,20,23,32H,12-14,16-19H2,2H3/t23-/m1/s1. The van der Waals surface area contributed by atoms with Gasteiger partial charge in [-0.2, -0.15) is 5.10 Å². The van der Waals surface area contributed by atoms with Gasteiger partial charge in [-0.25, -0.2) is 9.07 Å². The van der Waals surface area contributed by atoms with E-state index < -0.39 is 6.10 Å². The lowest BCUT2D eigenvalue weighted by atomic mass is 10.1. The van der Waals surface area contributed by atoms with Gasteiger partial charge in [-0.1, -0.05) is 42.3 Å². The zero-order valence-electron chi connectivity index (χ0n) is 19.4. The Bertz CT molecular complexity index is 1120. The van der Waals surface area contributed by atoms with Gasteiger partial charge in [0.15, 0.2) is 0 Å². The number of aliphatic hydroxyl groups is 1.